The van der Waals surface area contributed by atoms with E-state index in [9.17, 15) is 4.79 Å². The summed E-state index contributed by atoms with van der Waals surface area (Å²) in [5.41, 5.74) is 1.80. The molecule has 0 bridgehead atoms. The third kappa shape index (κ3) is 5.54. The smallest absolute Gasteiger partial charge is 0.238 e. The highest BCUT2D eigenvalue weighted by Gasteiger charge is 2.03. The first kappa shape index (κ1) is 16.0. The molecular formula is C17H21N3O2. The van der Waals surface area contributed by atoms with Gasteiger partial charge in [0.2, 0.25) is 5.91 Å². The van der Waals surface area contributed by atoms with Gasteiger partial charge >= 0.3 is 0 Å². The number of anilines is 1. The van der Waals surface area contributed by atoms with Gasteiger partial charge < -0.3 is 15.4 Å². The quantitative estimate of drug-likeness (QED) is 0.825. The minimum Gasteiger partial charge on any atom is -0.491 e. The van der Waals surface area contributed by atoms with Crippen molar-refractivity contribution < 1.29 is 9.53 Å². The molecule has 0 atom stereocenters. The summed E-state index contributed by atoms with van der Waals surface area (Å²) >= 11 is 0. The second kappa shape index (κ2) is 8.14. The Kier molecular flexibility index (Phi) is 5.91. The van der Waals surface area contributed by atoms with Crippen molar-refractivity contribution in [2.24, 2.45) is 0 Å². The lowest BCUT2D eigenvalue weighted by atomic mass is 10.3. The third-order valence-electron chi connectivity index (χ3n) is 2.85. The van der Waals surface area contributed by atoms with Crippen LogP contribution in [0.1, 0.15) is 19.4 Å². The molecule has 0 aliphatic carbocycles. The molecule has 2 rings (SSSR count). The number of rotatable bonds is 7. The summed E-state index contributed by atoms with van der Waals surface area (Å²) in [6.07, 6.45) is 3.64. The van der Waals surface area contributed by atoms with E-state index in [4.69, 9.17) is 4.74 Å². The Labute approximate surface area is 130 Å². The molecule has 0 fully saturated rings. The number of aromatic nitrogens is 1. The van der Waals surface area contributed by atoms with E-state index in [2.05, 4.69) is 15.6 Å². The highest BCUT2D eigenvalue weighted by Crippen LogP contribution is 2.16. The number of nitrogens with zero attached hydrogens (tertiary/aromatic N) is 1. The fourth-order valence-corrected chi connectivity index (χ4v) is 1.92. The summed E-state index contributed by atoms with van der Waals surface area (Å²) in [7, 11) is 0. The molecule has 1 aromatic carbocycles. The third-order valence-corrected chi connectivity index (χ3v) is 2.85. The summed E-state index contributed by atoms with van der Waals surface area (Å²) in [6, 6.07) is 11.2. The van der Waals surface area contributed by atoms with E-state index in [0.717, 1.165) is 17.0 Å². The second-order valence-electron chi connectivity index (χ2n) is 5.20. The van der Waals surface area contributed by atoms with Crippen molar-refractivity contribution in [3.63, 3.8) is 0 Å². The minimum atomic E-state index is -0.0820. The summed E-state index contributed by atoms with van der Waals surface area (Å²) < 4.78 is 5.56. The summed E-state index contributed by atoms with van der Waals surface area (Å²) in [6.45, 7) is 4.81. The fourth-order valence-electron chi connectivity index (χ4n) is 1.92. The number of pyridine rings is 1. The van der Waals surface area contributed by atoms with Gasteiger partial charge in [0.1, 0.15) is 5.75 Å². The highest BCUT2D eigenvalue weighted by atomic mass is 16.5. The second-order valence-corrected chi connectivity index (χ2v) is 5.20. The predicted octanol–water partition coefficient (Wildman–Crippen LogP) is 2.60. The van der Waals surface area contributed by atoms with Gasteiger partial charge in [0.25, 0.3) is 0 Å². The Hall–Kier alpha value is -2.40. The highest BCUT2D eigenvalue weighted by molar-refractivity contribution is 5.92. The molecule has 0 saturated carbocycles. The minimum absolute atomic E-state index is 0.0820. The molecule has 0 unspecified atom stereocenters. The van der Waals surface area contributed by atoms with Crippen LogP contribution < -0.4 is 15.4 Å². The Bertz CT molecular complexity index is 583. The van der Waals surface area contributed by atoms with E-state index >= 15 is 0 Å². The molecule has 5 heteroatoms. The number of hydrogen-bond donors (Lipinski definition) is 2. The zero-order chi connectivity index (χ0) is 15.8. The van der Waals surface area contributed by atoms with E-state index < -0.39 is 0 Å². The molecule has 5 nitrogen and oxygen atoms in total. The number of hydrogen-bond acceptors (Lipinski definition) is 4. The van der Waals surface area contributed by atoms with Crippen molar-refractivity contribution in [3.05, 3.63) is 54.4 Å². The lowest BCUT2D eigenvalue weighted by molar-refractivity contribution is -0.115. The van der Waals surface area contributed by atoms with E-state index in [1.807, 2.05) is 50.2 Å². The first-order valence-corrected chi connectivity index (χ1v) is 7.29. The van der Waals surface area contributed by atoms with Crippen LogP contribution in [0.25, 0.3) is 0 Å². The van der Waals surface area contributed by atoms with Gasteiger partial charge in [-0.1, -0.05) is 6.07 Å². The maximum atomic E-state index is 11.8. The van der Waals surface area contributed by atoms with Crippen molar-refractivity contribution in [3.8, 4) is 5.75 Å². The first-order chi connectivity index (χ1) is 10.6. The normalized spacial score (nSPS) is 10.5. The number of benzene rings is 1. The van der Waals surface area contributed by atoms with E-state index in [1.165, 1.54) is 0 Å². The lowest BCUT2D eigenvalue weighted by Gasteiger charge is -2.11. The van der Waals surface area contributed by atoms with Crippen LogP contribution in [0.3, 0.4) is 0 Å². The number of ether oxygens (including phenoxy) is 1. The average molecular weight is 299 g/mol. The molecule has 0 aliphatic rings. The van der Waals surface area contributed by atoms with Crippen molar-refractivity contribution in [1.82, 2.24) is 10.3 Å². The van der Waals surface area contributed by atoms with E-state index in [1.54, 1.807) is 12.4 Å². The van der Waals surface area contributed by atoms with E-state index in [-0.39, 0.29) is 18.6 Å². The first-order valence-electron chi connectivity index (χ1n) is 7.29. The number of carbonyl (C=O) groups is 1. The van der Waals surface area contributed by atoms with Crippen molar-refractivity contribution >= 4 is 11.6 Å². The molecule has 1 heterocycles. The Morgan fingerprint density at radius 2 is 2.00 bits per heavy atom. The molecule has 2 N–H and O–H groups in total. The topological polar surface area (TPSA) is 63.2 Å². The monoisotopic (exact) mass is 299 g/mol. The van der Waals surface area contributed by atoms with Crippen LogP contribution in [0.4, 0.5) is 5.69 Å². The van der Waals surface area contributed by atoms with Crippen LogP contribution >= 0.6 is 0 Å². The van der Waals surface area contributed by atoms with Gasteiger partial charge in [-0.15, -0.1) is 0 Å². The van der Waals surface area contributed by atoms with Crippen LogP contribution in [0, 0.1) is 0 Å². The molecule has 116 valence electrons. The number of carbonyl (C=O) groups excluding carboxylic acids is 1. The number of amides is 1. The maximum Gasteiger partial charge on any atom is 0.238 e. The maximum absolute atomic E-state index is 11.8. The molecule has 2 aromatic rings. The molecule has 0 spiro atoms. The molecule has 0 saturated heterocycles. The van der Waals surface area contributed by atoms with Crippen LogP contribution in [-0.2, 0) is 11.3 Å². The largest absolute Gasteiger partial charge is 0.491 e. The van der Waals surface area contributed by atoms with Gasteiger partial charge in [0.15, 0.2) is 0 Å². The van der Waals surface area contributed by atoms with E-state index in [0.29, 0.717) is 6.54 Å². The van der Waals surface area contributed by atoms with Crippen LogP contribution in [0.5, 0.6) is 5.75 Å². The molecule has 1 aromatic heterocycles. The molecule has 22 heavy (non-hydrogen) atoms. The molecule has 0 aliphatic heterocycles. The predicted molar refractivity (Wildman–Crippen MR) is 86.8 cm³/mol. The van der Waals surface area contributed by atoms with Gasteiger partial charge in [-0.3, -0.25) is 9.78 Å². The SMILES string of the molecule is CC(C)Oc1ccc(NC(=O)CNCc2cccnc2)cc1. The Morgan fingerprint density at radius 1 is 1.23 bits per heavy atom. The van der Waals surface area contributed by atoms with Gasteiger partial charge in [-0.2, -0.15) is 0 Å². The molecule has 0 radical (unpaired) electrons. The fraction of sp³-hybridized carbons (Fsp3) is 0.294. The van der Waals surface area contributed by atoms with Crippen LogP contribution in [0.2, 0.25) is 0 Å². The van der Waals surface area contributed by atoms with Gasteiger partial charge in [-0.25, -0.2) is 0 Å². The van der Waals surface area contributed by atoms with Crippen molar-refractivity contribution in [2.45, 2.75) is 26.5 Å². The summed E-state index contributed by atoms with van der Waals surface area (Å²) in [5.74, 6) is 0.712. The Morgan fingerprint density at radius 3 is 2.64 bits per heavy atom. The summed E-state index contributed by atoms with van der Waals surface area (Å²) in [5, 5.41) is 5.92. The Balaban J connectivity index is 1.74. The van der Waals surface area contributed by atoms with Gasteiger partial charge in [-0.05, 0) is 49.7 Å². The molecular weight excluding hydrogens is 278 g/mol. The molecule has 1 amide bonds. The van der Waals surface area contributed by atoms with Gasteiger partial charge in [0, 0.05) is 24.6 Å². The van der Waals surface area contributed by atoms with Crippen molar-refractivity contribution in [2.75, 3.05) is 11.9 Å². The van der Waals surface area contributed by atoms with Crippen molar-refractivity contribution in [1.29, 1.82) is 0 Å². The zero-order valence-electron chi connectivity index (χ0n) is 12.9. The number of nitrogens with one attached hydrogen (secondary N) is 2. The standard InChI is InChI=1S/C17H21N3O2/c1-13(2)22-16-7-5-15(6-8-16)20-17(21)12-19-11-14-4-3-9-18-10-14/h3-10,13,19H,11-12H2,1-2H3,(H,20,21). The zero-order valence-corrected chi connectivity index (χ0v) is 12.9. The summed E-state index contributed by atoms with van der Waals surface area (Å²) in [4.78, 5) is 15.9. The van der Waals surface area contributed by atoms with Gasteiger partial charge in [0.05, 0.1) is 12.6 Å². The lowest BCUT2D eigenvalue weighted by Crippen LogP contribution is -2.27. The van der Waals surface area contributed by atoms with Crippen LogP contribution in [0.15, 0.2) is 48.8 Å². The average Bonchev–Trinajstić information content (AvgIpc) is 2.50. The van der Waals surface area contributed by atoms with Crippen LogP contribution in [-0.4, -0.2) is 23.5 Å².